The highest BCUT2D eigenvalue weighted by Gasteiger charge is 2.17. The third-order valence-corrected chi connectivity index (χ3v) is 4.41. The van der Waals surface area contributed by atoms with E-state index >= 15 is 0 Å². The number of methoxy groups -OCH3 is 1. The normalized spacial score (nSPS) is 17.5. The number of piperidine rings is 1. The largest absolute Gasteiger partial charge is 0.496 e. The van der Waals surface area contributed by atoms with Crippen LogP contribution >= 0.6 is 11.6 Å². The SMILES string of the molecule is COc1cc(Cl)ccc1CNC(=O)c1ccn(C2CCCNC2)n1. The first-order valence-corrected chi connectivity index (χ1v) is 8.41. The molecule has 1 saturated heterocycles. The molecule has 6 nitrogen and oxygen atoms in total. The summed E-state index contributed by atoms with van der Waals surface area (Å²) in [4.78, 5) is 12.3. The summed E-state index contributed by atoms with van der Waals surface area (Å²) >= 11 is 5.95. The molecule has 7 heteroatoms. The van der Waals surface area contributed by atoms with Crippen LogP contribution in [0.25, 0.3) is 0 Å². The number of aromatic nitrogens is 2. The van der Waals surface area contributed by atoms with Crippen LogP contribution in [0.5, 0.6) is 5.75 Å². The highest BCUT2D eigenvalue weighted by Crippen LogP contribution is 2.23. The molecule has 1 aliphatic rings. The van der Waals surface area contributed by atoms with Crippen molar-refractivity contribution in [3.8, 4) is 5.75 Å². The van der Waals surface area contributed by atoms with Gasteiger partial charge in [-0.15, -0.1) is 0 Å². The minimum atomic E-state index is -0.200. The summed E-state index contributed by atoms with van der Waals surface area (Å²) in [5.41, 5.74) is 1.29. The number of carbonyl (C=O) groups excluding carboxylic acids is 1. The lowest BCUT2D eigenvalue weighted by atomic mass is 10.1. The molecule has 2 aromatic rings. The van der Waals surface area contributed by atoms with Gasteiger partial charge in [-0.1, -0.05) is 17.7 Å². The summed E-state index contributed by atoms with van der Waals surface area (Å²) in [6.07, 6.45) is 4.08. The smallest absolute Gasteiger partial charge is 0.272 e. The molecule has 1 fully saturated rings. The van der Waals surface area contributed by atoms with Gasteiger partial charge in [0.2, 0.25) is 0 Å². The topological polar surface area (TPSA) is 68.2 Å². The third-order valence-electron chi connectivity index (χ3n) is 4.17. The van der Waals surface area contributed by atoms with Crippen LogP contribution in [0.15, 0.2) is 30.5 Å². The first-order valence-electron chi connectivity index (χ1n) is 8.04. The quantitative estimate of drug-likeness (QED) is 0.870. The predicted octanol–water partition coefficient (Wildman–Crippen LogP) is 2.40. The van der Waals surface area contributed by atoms with Crippen molar-refractivity contribution in [1.82, 2.24) is 20.4 Å². The highest BCUT2D eigenvalue weighted by atomic mass is 35.5. The van der Waals surface area contributed by atoms with Crippen LogP contribution in [0, 0.1) is 0 Å². The van der Waals surface area contributed by atoms with Gasteiger partial charge in [-0.25, -0.2) is 0 Å². The lowest BCUT2D eigenvalue weighted by Gasteiger charge is -2.22. The lowest BCUT2D eigenvalue weighted by Crippen LogP contribution is -2.32. The van der Waals surface area contributed by atoms with Crippen LogP contribution in [-0.2, 0) is 6.54 Å². The van der Waals surface area contributed by atoms with E-state index in [4.69, 9.17) is 16.3 Å². The Hall–Kier alpha value is -2.05. The average molecular weight is 349 g/mol. The van der Waals surface area contributed by atoms with Crippen molar-refractivity contribution < 1.29 is 9.53 Å². The average Bonchev–Trinajstić information content (AvgIpc) is 3.11. The summed E-state index contributed by atoms with van der Waals surface area (Å²) in [5, 5.41) is 11.2. The second kappa shape index (κ2) is 7.68. The molecule has 0 spiro atoms. The molecule has 128 valence electrons. The second-order valence-corrected chi connectivity index (χ2v) is 6.26. The Kier molecular flexibility index (Phi) is 5.37. The minimum absolute atomic E-state index is 0.200. The molecule has 1 amide bonds. The number of nitrogens with zero attached hydrogens (tertiary/aromatic N) is 2. The molecular weight excluding hydrogens is 328 g/mol. The van der Waals surface area contributed by atoms with Crippen LogP contribution in [0.4, 0.5) is 0 Å². The fourth-order valence-corrected chi connectivity index (χ4v) is 3.01. The van der Waals surface area contributed by atoms with E-state index in [1.165, 1.54) is 0 Å². The summed E-state index contributed by atoms with van der Waals surface area (Å²) in [6.45, 7) is 2.30. The number of carbonyl (C=O) groups is 1. The number of benzene rings is 1. The zero-order valence-corrected chi connectivity index (χ0v) is 14.3. The van der Waals surface area contributed by atoms with Crippen LogP contribution in [0.3, 0.4) is 0 Å². The molecule has 3 rings (SSSR count). The van der Waals surface area contributed by atoms with E-state index in [2.05, 4.69) is 15.7 Å². The van der Waals surface area contributed by atoms with Crippen molar-refractivity contribution in [2.45, 2.75) is 25.4 Å². The molecule has 24 heavy (non-hydrogen) atoms. The van der Waals surface area contributed by atoms with Gasteiger partial charge in [-0.3, -0.25) is 9.48 Å². The molecule has 1 aromatic heterocycles. The molecule has 1 atom stereocenters. The van der Waals surface area contributed by atoms with Crippen molar-refractivity contribution in [2.75, 3.05) is 20.2 Å². The highest BCUT2D eigenvalue weighted by molar-refractivity contribution is 6.30. The maximum atomic E-state index is 12.3. The first-order chi connectivity index (χ1) is 11.7. The van der Waals surface area contributed by atoms with Crippen molar-refractivity contribution in [3.05, 3.63) is 46.7 Å². The van der Waals surface area contributed by atoms with E-state index in [0.29, 0.717) is 29.1 Å². The maximum Gasteiger partial charge on any atom is 0.272 e. The van der Waals surface area contributed by atoms with Crippen molar-refractivity contribution in [1.29, 1.82) is 0 Å². The van der Waals surface area contributed by atoms with Gasteiger partial charge in [0, 0.05) is 29.9 Å². The molecule has 0 bridgehead atoms. The van der Waals surface area contributed by atoms with E-state index in [0.717, 1.165) is 31.5 Å². The number of ether oxygens (including phenoxy) is 1. The number of rotatable bonds is 5. The van der Waals surface area contributed by atoms with E-state index in [9.17, 15) is 4.79 Å². The fourth-order valence-electron chi connectivity index (χ4n) is 2.85. The molecule has 0 radical (unpaired) electrons. The van der Waals surface area contributed by atoms with Crippen LogP contribution in [0.2, 0.25) is 5.02 Å². The van der Waals surface area contributed by atoms with E-state index < -0.39 is 0 Å². The Balaban J connectivity index is 1.62. The van der Waals surface area contributed by atoms with Crippen LogP contribution < -0.4 is 15.4 Å². The molecule has 1 unspecified atom stereocenters. The van der Waals surface area contributed by atoms with Crippen molar-refractivity contribution >= 4 is 17.5 Å². The van der Waals surface area contributed by atoms with E-state index in [1.54, 1.807) is 25.3 Å². The van der Waals surface area contributed by atoms with E-state index in [-0.39, 0.29) is 5.91 Å². The molecule has 1 aliphatic heterocycles. The van der Waals surface area contributed by atoms with Crippen LogP contribution in [-0.4, -0.2) is 35.9 Å². The Morgan fingerprint density at radius 1 is 1.50 bits per heavy atom. The van der Waals surface area contributed by atoms with Crippen LogP contribution in [0.1, 0.15) is 34.9 Å². The van der Waals surface area contributed by atoms with Gasteiger partial charge in [0.1, 0.15) is 11.4 Å². The van der Waals surface area contributed by atoms with Crippen molar-refractivity contribution in [3.63, 3.8) is 0 Å². The molecular formula is C17H21ClN4O2. The Morgan fingerprint density at radius 3 is 3.12 bits per heavy atom. The second-order valence-electron chi connectivity index (χ2n) is 5.82. The van der Waals surface area contributed by atoms with Gasteiger partial charge in [0.25, 0.3) is 5.91 Å². The number of hydrogen-bond acceptors (Lipinski definition) is 4. The number of nitrogens with one attached hydrogen (secondary N) is 2. The minimum Gasteiger partial charge on any atom is -0.496 e. The summed E-state index contributed by atoms with van der Waals surface area (Å²) in [5.74, 6) is 0.455. The van der Waals surface area contributed by atoms with Gasteiger partial charge < -0.3 is 15.4 Å². The monoisotopic (exact) mass is 348 g/mol. The van der Waals surface area contributed by atoms with Gasteiger partial charge in [-0.05, 0) is 37.6 Å². The summed E-state index contributed by atoms with van der Waals surface area (Å²) < 4.78 is 7.16. The zero-order chi connectivity index (χ0) is 16.9. The van der Waals surface area contributed by atoms with Gasteiger partial charge in [0.05, 0.1) is 13.2 Å². The Labute approximate surface area is 146 Å². The predicted molar refractivity (Wildman–Crippen MR) is 92.5 cm³/mol. The maximum absolute atomic E-state index is 12.3. The zero-order valence-electron chi connectivity index (χ0n) is 13.6. The molecule has 0 aliphatic carbocycles. The van der Waals surface area contributed by atoms with E-state index in [1.807, 2.05) is 16.9 Å². The lowest BCUT2D eigenvalue weighted by molar-refractivity contribution is 0.0944. The molecule has 0 saturated carbocycles. The Morgan fingerprint density at radius 2 is 2.38 bits per heavy atom. The summed E-state index contributed by atoms with van der Waals surface area (Å²) in [7, 11) is 1.58. The van der Waals surface area contributed by atoms with Gasteiger partial charge in [-0.2, -0.15) is 5.10 Å². The van der Waals surface area contributed by atoms with Gasteiger partial charge >= 0.3 is 0 Å². The van der Waals surface area contributed by atoms with Crippen molar-refractivity contribution in [2.24, 2.45) is 0 Å². The summed E-state index contributed by atoms with van der Waals surface area (Å²) in [6, 6.07) is 7.41. The van der Waals surface area contributed by atoms with Gasteiger partial charge in [0.15, 0.2) is 0 Å². The first kappa shape index (κ1) is 16.8. The number of amides is 1. The third kappa shape index (κ3) is 3.88. The molecule has 2 heterocycles. The molecule has 1 aromatic carbocycles. The Bertz CT molecular complexity index is 710. The number of halogens is 1. The standard InChI is InChI=1S/C17H21ClN4O2/c1-24-16-9-13(18)5-4-12(16)10-20-17(23)15-6-8-22(21-15)14-3-2-7-19-11-14/h4-6,8-9,14,19H,2-3,7,10-11H2,1H3,(H,20,23). The molecule has 2 N–H and O–H groups in total. The number of hydrogen-bond donors (Lipinski definition) is 2. The fraction of sp³-hybridized carbons (Fsp3) is 0.412.